The minimum atomic E-state index is 0.410. The number of para-hydroxylation sites is 2. The number of ether oxygens (including phenoxy) is 2. The van der Waals surface area contributed by atoms with Crippen LogP contribution in [0.1, 0.15) is 37.7 Å². The Bertz CT molecular complexity index is 839. The lowest BCUT2D eigenvalue weighted by Gasteiger charge is -2.16. The molecule has 0 aliphatic heterocycles. The van der Waals surface area contributed by atoms with Gasteiger partial charge in [-0.05, 0) is 43.2 Å². The van der Waals surface area contributed by atoms with Crippen molar-refractivity contribution < 1.29 is 9.47 Å². The zero-order valence-electron chi connectivity index (χ0n) is 14.7. The van der Waals surface area contributed by atoms with Crippen LogP contribution in [-0.4, -0.2) is 23.8 Å². The molecule has 1 atom stereocenters. The molecule has 0 aliphatic rings. The van der Waals surface area contributed by atoms with Crippen LogP contribution in [0.25, 0.3) is 11.0 Å². The highest BCUT2D eigenvalue weighted by atomic mass is 16.5. The predicted molar refractivity (Wildman–Crippen MR) is 97.1 cm³/mol. The Labute approximate surface area is 143 Å². The first kappa shape index (κ1) is 16.4. The number of imidazole rings is 1. The van der Waals surface area contributed by atoms with Gasteiger partial charge in [0.1, 0.15) is 5.82 Å². The molecule has 4 heteroatoms. The summed E-state index contributed by atoms with van der Waals surface area (Å²) in [5.41, 5.74) is 3.41. The third kappa shape index (κ3) is 2.96. The van der Waals surface area contributed by atoms with Gasteiger partial charge < -0.3 is 14.0 Å². The molecule has 0 amide bonds. The summed E-state index contributed by atoms with van der Waals surface area (Å²) in [5.74, 6) is 2.58. The summed E-state index contributed by atoms with van der Waals surface area (Å²) in [4.78, 5) is 4.87. The standard InChI is InChI=1S/C20H24N2O2/c1-5-14(2)22-17-9-7-6-8-16(17)21-20(22)13-15-10-11-18(23-3)19(12-15)24-4/h6-12,14H,5,13H2,1-4H3. The van der Waals surface area contributed by atoms with E-state index in [2.05, 4.69) is 42.7 Å². The maximum absolute atomic E-state index is 5.42. The summed E-state index contributed by atoms with van der Waals surface area (Å²) in [5, 5.41) is 0. The Kier molecular flexibility index (Phi) is 4.74. The third-order valence-corrected chi connectivity index (χ3v) is 4.51. The van der Waals surface area contributed by atoms with Gasteiger partial charge >= 0.3 is 0 Å². The number of benzene rings is 2. The number of methoxy groups -OCH3 is 2. The summed E-state index contributed by atoms with van der Waals surface area (Å²) < 4.78 is 13.1. The smallest absolute Gasteiger partial charge is 0.161 e. The molecule has 0 radical (unpaired) electrons. The van der Waals surface area contributed by atoms with Crippen molar-refractivity contribution in [2.24, 2.45) is 0 Å². The van der Waals surface area contributed by atoms with Gasteiger partial charge in [0.05, 0.1) is 25.3 Å². The summed E-state index contributed by atoms with van der Waals surface area (Å²) in [7, 11) is 3.32. The Morgan fingerprint density at radius 2 is 1.79 bits per heavy atom. The topological polar surface area (TPSA) is 36.3 Å². The Morgan fingerprint density at radius 1 is 1.04 bits per heavy atom. The van der Waals surface area contributed by atoms with Crippen LogP contribution in [0, 0.1) is 0 Å². The van der Waals surface area contributed by atoms with Crippen molar-refractivity contribution in [1.82, 2.24) is 9.55 Å². The second-order valence-electron chi connectivity index (χ2n) is 6.01. The molecule has 3 rings (SSSR count). The molecule has 24 heavy (non-hydrogen) atoms. The minimum absolute atomic E-state index is 0.410. The van der Waals surface area contributed by atoms with Crippen LogP contribution in [0.15, 0.2) is 42.5 Å². The van der Waals surface area contributed by atoms with Crippen molar-refractivity contribution in [3.8, 4) is 11.5 Å². The zero-order chi connectivity index (χ0) is 17.1. The highest BCUT2D eigenvalue weighted by Gasteiger charge is 2.15. The van der Waals surface area contributed by atoms with E-state index in [1.807, 2.05) is 18.2 Å². The van der Waals surface area contributed by atoms with E-state index in [1.165, 1.54) is 5.52 Å². The van der Waals surface area contributed by atoms with Gasteiger partial charge in [0.25, 0.3) is 0 Å². The fourth-order valence-corrected chi connectivity index (χ4v) is 3.07. The lowest BCUT2D eigenvalue weighted by atomic mass is 10.1. The summed E-state index contributed by atoms with van der Waals surface area (Å²) in [6.45, 7) is 4.45. The van der Waals surface area contributed by atoms with E-state index in [9.17, 15) is 0 Å². The van der Waals surface area contributed by atoms with Crippen LogP contribution in [0.5, 0.6) is 11.5 Å². The second-order valence-corrected chi connectivity index (χ2v) is 6.01. The molecule has 0 saturated heterocycles. The number of rotatable bonds is 6. The van der Waals surface area contributed by atoms with Crippen LogP contribution in [0.2, 0.25) is 0 Å². The van der Waals surface area contributed by atoms with Crippen molar-refractivity contribution in [2.75, 3.05) is 14.2 Å². The minimum Gasteiger partial charge on any atom is -0.493 e. The first-order chi connectivity index (χ1) is 11.7. The maximum Gasteiger partial charge on any atom is 0.161 e. The van der Waals surface area contributed by atoms with E-state index < -0.39 is 0 Å². The van der Waals surface area contributed by atoms with E-state index in [0.29, 0.717) is 6.04 Å². The fraction of sp³-hybridized carbons (Fsp3) is 0.350. The second kappa shape index (κ2) is 6.95. The van der Waals surface area contributed by atoms with Crippen molar-refractivity contribution in [3.63, 3.8) is 0 Å². The van der Waals surface area contributed by atoms with Crippen molar-refractivity contribution >= 4 is 11.0 Å². The van der Waals surface area contributed by atoms with Gasteiger partial charge in [-0.15, -0.1) is 0 Å². The summed E-state index contributed by atoms with van der Waals surface area (Å²) in [6.07, 6.45) is 1.83. The van der Waals surface area contributed by atoms with Gasteiger partial charge in [0.15, 0.2) is 11.5 Å². The Hall–Kier alpha value is -2.49. The number of hydrogen-bond donors (Lipinski definition) is 0. The molecular formula is C20H24N2O2. The Balaban J connectivity index is 2.03. The normalized spacial score (nSPS) is 12.3. The van der Waals surface area contributed by atoms with Crippen molar-refractivity contribution in [1.29, 1.82) is 0 Å². The molecule has 3 aromatic rings. The molecule has 0 bridgehead atoms. The molecule has 2 aromatic carbocycles. The van der Waals surface area contributed by atoms with Crippen LogP contribution in [0.4, 0.5) is 0 Å². The SMILES string of the molecule is CCC(C)n1c(Cc2ccc(OC)c(OC)c2)nc2ccccc21. The van der Waals surface area contributed by atoms with Crippen LogP contribution in [-0.2, 0) is 6.42 Å². The molecule has 0 N–H and O–H groups in total. The fourth-order valence-electron chi connectivity index (χ4n) is 3.07. The molecule has 0 fully saturated rings. The van der Waals surface area contributed by atoms with Crippen LogP contribution in [0.3, 0.4) is 0 Å². The molecule has 1 heterocycles. The summed E-state index contributed by atoms with van der Waals surface area (Å²) in [6, 6.07) is 14.8. The highest BCUT2D eigenvalue weighted by Crippen LogP contribution is 2.30. The van der Waals surface area contributed by atoms with Crippen molar-refractivity contribution in [2.45, 2.75) is 32.7 Å². The van der Waals surface area contributed by atoms with Gasteiger partial charge in [0, 0.05) is 12.5 Å². The van der Waals surface area contributed by atoms with E-state index in [4.69, 9.17) is 14.5 Å². The molecule has 0 saturated carbocycles. The lowest BCUT2D eigenvalue weighted by molar-refractivity contribution is 0.354. The van der Waals surface area contributed by atoms with Crippen LogP contribution < -0.4 is 9.47 Å². The van der Waals surface area contributed by atoms with E-state index in [0.717, 1.165) is 41.2 Å². The number of nitrogens with zero attached hydrogens (tertiary/aromatic N) is 2. The average molecular weight is 324 g/mol. The van der Waals surface area contributed by atoms with E-state index in [-0.39, 0.29) is 0 Å². The molecule has 4 nitrogen and oxygen atoms in total. The molecule has 0 spiro atoms. The van der Waals surface area contributed by atoms with Gasteiger partial charge in [0.2, 0.25) is 0 Å². The van der Waals surface area contributed by atoms with Gasteiger partial charge in [-0.3, -0.25) is 0 Å². The maximum atomic E-state index is 5.42. The molecule has 1 aromatic heterocycles. The monoisotopic (exact) mass is 324 g/mol. The van der Waals surface area contributed by atoms with Gasteiger partial charge in [-0.25, -0.2) is 4.98 Å². The highest BCUT2D eigenvalue weighted by molar-refractivity contribution is 5.76. The molecule has 126 valence electrons. The van der Waals surface area contributed by atoms with E-state index >= 15 is 0 Å². The van der Waals surface area contributed by atoms with Gasteiger partial charge in [-0.1, -0.05) is 25.1 Å². The zero-order valence-corrected chi connectivity index (χ0v) is 14.7. The molecule has 0 aliphatic carbocycles. The van der Waals surface area contributed by atoms with Gasteiger partial charge in [-0.2, -0.15) is 0 Å². The summed E-state index contributed by atoms with van der Waals surface area (Å²) >= 11 is 0. The number of hydrogen-bond acceptors (Lipinski definition) is 3. The van der Waals surface area contributed by atoms with Crippen LogP contribution >= 0.6 is 0 Å². The molecular weight excluding hydrogens is 300 g/mol. The quantitative estimate of drug-likeness (QED) is 0.664. The van der Waals surface area contributed by atoms with E-state index in [1.54, 1.807) is 14.2 Å². The first-order valence-electron chi connectivity index (χ1n) is 8.34. The van der Waals surface area contributed by atoms with Crippen molar-refractivity contribution in [3.05, 3.63) is 53.9 Å². The number of fused-ring (bicyclic) bond motifs is 1. The molecule has 1 unspecified atom stereocenters. The predicted octanol–water partition coefficient (Wildman–Crippen LogP) is 4.62. The third-order valence-electron chi connectivity index (χ3n) is 4.51. The first-order valence-corrected chi connectivity index (χ1v) is 8.34. The number of aromatic nitrogens is 2. The largest absolute Gasteiger partial charge is 0.493 e. The Morgan fingerprint density at radius 3 is 2.50 bits per heavy atom. The lowest BCUT2D eigenvalue weighted by Crippen LogP contribution is -2.09. The average Bonchev–Trinajstić information content (AvgIpc) is 2.98.